The fourth-order valence-electron chi connectivity index (χ4n) is 1.66. The second kappa shape index (κ2) is 7.65. The molecular formula is C15H14BrNO5. The van der Waals surface area contributed by atoms with Gasteiger partial charge in [-0.25, -0.2) is 4.79 Å². The normalized spacial score (nSPS) is 10.1. The Kier molecular flexibility index (Phi) is 5.60. The summed E-state index contributed by atoms with van der Waals surface area (Å²) in [5, 5.41) is 2.65. The first-order valence-electron chi connectivity index (χ1n) is 6.40. The molecule has 0 unspecified atom stereocenters. The molecule has 0 aliphatic rings. The molecule has 2 aromatic rings. The summed E-state index contributed by atoms with van der Waals surface area (Å²) in [5.74, 6) is -0.349. The third kappa shape index (κ3) is 4.63. The lowest BCUT2D eigenvalue weighted by Gasteiger charge is -2.07. The van der Waals surface area contributed by atoms with E-state index in [2.05, 4.69) is 21.2 Å². The van der Waals surface area contributed by atoms with Crippen molar-refractivity contribution in [2.24, 2.45) is 0 Å². The molecule has 1 aromatic heterocycles. The maximum atomic E-state index is 11.7. The van der Waals surface area contributed by atoms with Crippen molar-refractivity contribution in [2.45, 2.75) is 6.54 Å². The Morgan fingerprint density at radius 3 is 2.77 bits per heavy atom. The van der Waals surface area contributed by atoms with Crippen molar-refractivity contribution in [3.63, 3.8) is 0 Å². The lowest BCUT2D eigenvalue weighted by atomic mass is 10.2. The zero-order valence-electron chi connectivity index (χ0n) is 11.8. The van der Waals surface area contributed by atoms with Crippen LogP contribution in [0.15, 0.2) is 45.5 Å². The Hall–Kier alpha value is -2.28. The summed E-state index contributed by atoms with van der Waals surface area (Å²) in [7, 11) is 1.57. The lowest BCUT2D eigenvalue weighted by Crippen LogP contribution is -2.28. The predicted molar refractivity (Wildman–Crippen MR) is 81.5 cm³/mol. The molecule has 0 saturated carbocycles. The van der Waals surface area contributed by atoms with Gasteiger partial charge in [0.25, 0.3) is 5.91 Å². The van der Waals surface area contributed by atoms with Crippen LogP contribution in [0.25, 0.3) is 0 Å². The van der Waals surface area contributed by atoms with Gasteiger partial charge in [-0.05, 0) is 45.8 Å². The standard InChI is InChI=1S/C15H14BrNO5/c1-20-11-4-2-3-10(7-11)8-17-14(18)9-21-15(19)12-5-6-13(16)22-12/h2-7H,8-9H2,1H3,(H,17,18). The molecule has 1 amide bonds. The van der Waals surface area contributed by atoms with Crippen LogP contribution < -0.4 is 10.1 Å². The molecule has 0 aliphatic heterocycles. The van der Waals surface area contributed by atoms with Crippen molar-refractivity contribution in [2.75, 3.05) is 13.7 Å². The summed E-state index contributed by atoms with van der Waals surface area (Å²) in [6, 6.07) is 10.3. The molecule has 0 aliphatic carbocycles. The number of methoxy groups -OCH3 is 1. The molecule has 22 heavy (non-hydrogen) atoms. The summed E-state index contributed by atoms with van der Waals surface area (Å²) in [6.45, 7) is -0.0546. The van der Waals surface area contributed by atoms with Gasteiger partial charge >= 0.3 is 5.97 Å². The molecule has 0 radical (unpaired) electrons. The van der Waals surface area contributed by atoms with Crippen LogP contribution >= 0.6 is 15.9 Å². The minimum absolute atomic E-state index is 0.0347. The summed E-state index contributed by atoms with van der Waals surface area (Å²) >= 11 is 3.08. The summed E-state index contributed by atoms with van der Waals surface area (Å²) < 4.78 is 15.4. The van der Waals surface area contributed by atoms with Crippen LogP contribution in [0.1, 0.15) is 16.1 Å². The molecule has 1 heterocycles. The molecule has 0 bridgehead atoms. The molecule has 0 spiro atoms. The van der Waals surface area contributed by atoms with Gasteiger partial charge in [-0.3, -0.25) is 4.79 Å². The molecule has 2 rings (SSSR count). The average molecular weight is 368 g/mol. The third-order valence-corrected chi connectivity index (χ3v) is 3.16. The van der Waals surface area contributed by atoms with Gasteiger partial charge in [-0.15, -0.1) is 0 Å². The van der Waals surface area contributed by atoms with Crippen LogP contribution in [0.3, 0.4) is 0 Å². The van der Waals surface area contributed by atoms with E-state index in [0.29, 0.717) is 17.0 Å². The lowest BCUT2D eigenvalue weighted by molar-refractivity contribution is -0.124. The number of hydrogen-bond donors (Lipinski definition) is 1. The van der Waals surface area contributed by atoms with Crippen molar-refractivity contribution < 1.29 is 23.5 Å². The second-order valence-corrected chi connectivity index (χ2v) is 5.09. The quantitative estimate of drug-likeness (QED) is 0.793. The topological polar surface area (TPSA) is 77.8 Å². The van der Waals surface area contributed by atoms with Gasteiger partial charge in [0, 0.05) is 6.54 Å². The van der Waals surface area contributed by atoms with E-state index in [-0.39, 0.29) is 12.4 Å². The van der Waals surface area contributed by atoms with Crippen molar-refractivity contribution in [1.29, 1.82) is 0 Å². The first-order valence-corrected chi connectivity index (χ1v) is 7.20. The SMILES string of the molecule is COc1cccc(CNC(=O)COC(=O)c2ccc(Br)o2)c1. The highest BCUT2D eigenvalue weighted by molar-refractivity contribution is 9.10. The van der Waals surface area contributed by atoms with Crippen molar-refractivity contribution in [1.82, 2.24) is 5.32 Å². The first-order chi connectivity index (χ1) is 10.6. The minimum atomic E-state index is -0.692. The number of ether oxygens (including phenoxy) is 2. The molecule has 0 fully saturated rings. The molecule has 1 N–H and O–H groups in total. The summed E-state index contributed by atoms with van der Waals surface area (Å²) in [6.07, 6.45) is 0. The number of nitrogens with one attached hydrogen (secondary N) is 1. The Morgan fingerprint density at radius 2 is 2.09 bits per heavy atom. The maximum Gasteiger partial charge on any atom is 0.374 e. The van der Waals surface area contributed by atoms with Crippen LogP contribution in [0.5, 0.6) is 5.75 Å². The Bertz CT molecular complexity index is 667. The monoisotopic (exact) mass is 367 g/mol. The average Bonchev–Trinajstić information content (AvgIpc) is 2.97. The number of halogens is 1. The van der Waals surface area contributed by atoms with Crippen molar-refractivity contribution >= 4 is 27.8 Å². The van der Waals surface area contributed by atoms with E-state index in [4.69, 9.17) is 13.9 Å². The number of hydrogen-bond acceptors (Lipinski definition) is 5. The Balaban J connectivity index is 1.77. The van der Waals surface area contributed by atoms with Crippen LogP contribution in [0.4, 0.5) is 0 Å². The highest BCUT2D eigenvalue weighted by Gasteiger charge is 2.13. The number of esters is 1. The molecule has 7 heteroatoms. The van der Waals surface area contributed by atoms with Gasteiger partial charge in [0.05, 0.1) is 7.11 Å². The largest absolute Gasteiger partial charge is 0.497 e. The van der Waals surface area contributed by atoms with E-state index in [1.807, 2.05) is 24.3 Å². The Labute approximate surface area is 135 Å². The van der Waals surface area contributed by atoms with E-state index in [1.165, 1.54) is 6.07 Å². The van der Waals surface area contributed by atoms with Gasteiger partial charge in [0.15, 0.2) is 11.3 Å². The van der Waals surface area contributed by atoms with Gasteiger partial charge in [0.2, 0.25) is 5.76 Å². The van der Waals surface area contributed by atoms with E-state index >= 15 is 0 Å². The first kappa shape index (κ1) is 16.1. The smallest absolute Gasteiger partial charge is 0.374 e. The maximum absolute atomic E-state index is 11.7. The van der Waals surface area contributed by atoms with Crippen LogP contribution in [0.2, 0.25) is 0 Å². The molecule has 0 saturated heterocycles. The number of carbonyl (C=O) groups is 2. The van der Waals surface area contributed by atoms with E-state index < -0.39 is 11.9 Å². The number of rotatable bonds is 6. The van der Waals surface area contributed by atoms with Gasteiger partial charge in [-0.2, -0.15) is 0 Å². The summed E-state index contributed by atoms with van der Waals surface area (Å²) in [5.41, 5.74) is 0.883. The molecular weight excluding hydrogens is 354 g/mol. The zero-order valence-corrected chi connectivity index (χ0v) is 13.4. The van der Waals surface area contributed by atoms with E-state index in [0.717, 1.165) is 5.56 Å². The van der Waals surface area contributed by atoms with Gasteiger partial charge in [-0.1, -0.05) is 12.1 Å². The fraction of sp³-hybridized carbons (Fsp3) is 0.200. The van der Waals surface area contributed by atoms with Crippen LogP contribution in [0, 0.1) is 0 Å². The molecule has 1 aromatic carbocycles. The zero-order chi connectivity index (χ0) is 15.9. The van der Waals surface area contributed by atoms with E-state index in [1.54, 1.807) is 13.2 Å². The van der Waals surface area contributed by atoms with Gasteiger partial charge in [0.1, 0.15) is 5.75 Å². The van der Waals surface area contributed by atoms with Crippen molar-refractivity contribution in [3.8, 4) is 5.75 Å². The highest BCUT2D eigenvalue weighted by Crippen LogP contribution is 2.15. The number of benzene rings is 1. The van der Waals surface area contributed by atoms with Crippen LogP contribution in [-0.4, -0.2) is 25.6 Å². The van der Waals surface area contributed by atoms with Crippen molar-refractivity contribution in [3.05, 3.63) is 52.4 Å². The third-order valence-electron chi connectivity index (χ3n) is 2.73. The fourth-order valence-corrected chi connectivity index (χ4v) is 1.97. The summed E-state index contributed by atoms with van der Waals surface area (Å²) in [4.78, 5) is 23.2. The van der Waals surface area contributed by atoms with E-state index in [9.17, 15) is 9.59 Å². The molecule has 116 valence electrons. The molecule has 6 nitrogen and oxygen atoms in total. The highest BCUT2D eigenvalue weighted by atomic mass is 79.9. The second-order valence-electron chi connectivity index (χ2n) is 4.31. The number of amides is 1. The minimum Gasteiger partial charge on any atom is -0.497 e. The number of carbonyl (C=O) groups excluding carboxylic acids is 2. The van der Waals surface area contributed by atoms with Gasteiger partial charge < -0.3 is 19.2 Å². The van der Waals surface area contributed by atoms with Crippen LogP contribution in [-0.2, 0) is 16.1 Å². The Morgan fingerprint density at radius 1 is 1.27 bits per heavy atom. The number of furan rings is 1. The molecule has 0 atom stereocenters. The predicted octanol–water partition coefficient (Wildman–Crippen LogP) is 2.52.